The first-order chi connectivity index (χ1) is 13.7. The first-order valence-corrected chi connectivity index (χ1v) is 9.79. The van der Waals surface area contributed by atoms with Gasteiger partial charge in [-0.05, 0) is 55.0 Å². The highest BCUT2D eigenvalue weighted by molar-refractivity contribution is 6.01. The van der Waals surface area contributed by atoms with E-state index in [0.717, 1.165) is 29.3 Å². The number of benzene rings is 1. The Hall–Kier alpha value is -2.89. The lowest BCUT2D eigenvalue weighted by atomic mass is 9.97. The number of H-pyrrole nitrogens is 1. The molecule has 1 saturated heterocycles. The van der Waals surface area contributed by atoms with Gasteiger partial charge >= 0.3 is 0 Å². The number of carbonyl (C=O) groups excluding carboxylic acids is 1. The Morgan fingerprint density at radius 3 is 2.82 bits per heavy atom. The molecule has 0 atom stereocenters. The molecule has 6 heteroatoms. The van der Waals surface area contributed by atoms with Gasteiger partial charge in [0.05, 0.1) is 6.61 Å². The first-order valence-electron chi connectivity index (χ1n) is 9.79. The number of aryl methyl sites for hydroxylation is 1. The summed E-state index contributed by atoms with van der Waals surface area (Å²) < 4.78 is 19.4. The number of likely N-dealkylation sites (tertiary alicyclic amines) is 1. The number of amides is 1. The van der Waals surface area contributed by atoms with Crippen molar-refractivity contribution >= 4 is 16.8 Å². The van der Waals surface area contributed by atoms with Crippen LogP contribution in [0.3, 0.4) is 0 Å². The summed E-state index contributed by atoms with van der Waals surface area (Å²) in [6, 6.07) is 10.2. The van der Waals surface area contributed by atoms with Gasteiger partial charge in [0.2, 0.25) is 5.88 Å². The molecular formula is C22H24FN3O2. The highest BCUT2D eigenvalue weighted by Gasteiger charge is 2.27. The lowest BCUT2D eigenvalue weighted by Crippen LogP contribution is -2.40. The third-order valence-corrected chi connectivity index (χ3v) is 5.44. The number of carbonyl (C=O) groups is 1. The van der Waals surface area contributed by atoms with Crippen molar-refractivity contribution < 1.29 is 13.9 Å². The molecule has 1 N–H and O–H groups in total. The van der Waals surface area contributed by atoms with Crippen molar-refractivity contribution in [1.82, 2.24) is 14.9 Å². The lowest BCUT2D eigenvalue weighted by molar-refractivity contribution is 0.0653. The Bertz CT molecular complexity index is 963. The molecule has 1 fully saturated rings. The number of hydrogen-bond acceptors (Lipinski definition) is 3. The predicted molar refractivity (Wildman–Crippen MR) is 106 cm³/mol. The summed E-state index contributed by atoms with van der Waals surface area (Å²) in [6.07, 6.45) is 4.19. The predicted octanol–water partition coefficient (Wildman–Crippen LogP) is 4.20. The number of ether oxygens (including phenoxy) is 1. The zero-order valence-corrected chi connectivity index (χ0v) is 16.0. The second-order valence-electron chi connectivity index (χ2n) is 7.24. The molecule has 0 saturated carbocycles. The van der Waals surface area contributed by atoms with Crippen LogP contribution in [0.25, 0.3) is 10.9 Å². The number of nitrogens with one attached hydrogen (secondary N) is 1. The topological polar surface area (TPSA) is 58.2 Å². The van der Waals surface area contributed by atoms with E-state index < -0.39 is 0 Å². The van der Waals surface area contributed by atoms with Crippen molar-refractivity contribution in [2.45, 2.75) is 26.2 Å². The molecule has 1 aliphatic rings. The van der Waals surface area contributed by atoms with Gasteiger partial charge in [0.25, 0.3) is 5.91 Å². The number of halogens is 1. The lowest BCUT2D eigenvalue weighted by Gasteiger charge is -2.31. The van der Waals surface area contributed by atoms with E-state index in [9.17, 15) is 9.18 Å². The standard InChI is InChI=1S/C22H24FN3O2/c1-2-17-18-13-16(23)6-7-19(18)25-21(17)22(27)26-11-8-15(9-12-26)14-28-20-5-3-4-10-24-20/h3-7,10,13,15,25H,2,8-9,11-12,14H2,1H3. The van der Waals surface area contributed by atoms with Crippen LogP contribution in [0.4, 0.5) is 4.39 Å². The maximum Gasteiger partial charge on any atom is 0.270 e. The van der Waals surface area contributed by atoms with Crippen molar-refractivity contribution in [2.24, 2.45) is 5.92 Å². The molecule has 1 amide bonds. The van der Waals surface area contributed by atoms with E-state index in [1.54, 1.807) is 12.3 Å². The van der Waals surface area contributed by atoms with Gasteiger partial charge in [-0.1, -0.05) is 13.0 Å². The van der Waals surface area contributed by atoms with Crippen LogP contribution in [0.5, 0.6) is 5.88 Å². The number of piperidine rings is 1. The fraction of sp³-hybridized carbons (Fsp3) is 0.364. The molecule has 0 aliphatic carbocycles. The summed E-state index contributed by atoms with van der Waals surface area (Å²) in [7, 11) is 0. The quantitative estimate of drug-likeness (QED) is 0.721. The van der Waals surface area contributed by atoms with Crippen molar-refractivity contribution in [3.8, 4) is 5.88 Å². The van der Waals surface area contributed by atoms with Crippen molar-refractivity contribution in [3.63, 3.8) is 0 Å². The number of aromatic nitrogens is 2. The van der Waals surface area contributed by atoms with Gasteiger partial charge in [-0.15, -0.1) is 0 Å². The summed E-state index contributed by atoms with van der Waals surface area (Å²) in [5.41, 5.74) is 2.28. The molecule has 1 aliphatic heterocycles. The van der Waals surface area contributed by atoms with Crippen LogP contribution >= 0.6 is 0 Å². The zero-order chi connectivity index (χ0) is 19.5. The van der Waals surface area contributed by atoms with Crippen LogP contribution in [0.15, 0.2) is 42.6 Å². The molecule has 0 radical (unpaired) electrons. The average Bonchev–Trinajstić information content (AvgIpc) is 3.10. The molecule has 4 rings (SSSR count). The minimum Gasteiger partial charge on any atom is -0.477 e. The minimum atomic E-state index is -0.283. The molecule has 0 unspecified atom stereocenters. The summed E-state index contributed by atoms with van der Waals surface area (Å²) in [6.45, 7) is 4.00. The minimum absolute atomic E-state index is 0.00227. The maximum absolute atomic E-state index is 13.6. The van der Waals surface area contributed by atoms with Gasteiger partial charge in [0.1, 0.15) is 11.5 Å². The Kier molecular flexibility index (Phi) is 5.28. The van der Waals surface area contributed by atoms with Gasteiger partial charge in [0, 0.05) is 36.3 Å². The molecular weight excluding hydrogens is 357 g/mol. The van der Waals surface area contributed by atoms with E-state index in [1.165, 1.54) is 12.1 Å². The molecule has 0 spiro atoms. The molecule has 146 valence electrons. The Morgan fingerprint density at radius 1 is 1.29 bits per heavy atom. The van der Waals surface area contributed by atoms with Crippen LogP contribution in [-0.4, -0.2) is 40.5 Å². The van der Waals surface area contributed by atoms with Gasteiger partial charge < -0.3 is 14.6 Å². The average molecular weight is 381 g/mol. The molecule has 3 heterocycles. The number of aromatic amines is 1. The van der Waals surface area contributed by atoms with Crippen molar-refractivity contribution in [2.75, 3.05) is 19.7 Å². The monoisotopic (exact) mass is 381 g/mol. The van der Waals surface area contributed by atoms with Crippen LogP contribution < -0.4 is 4.74 Å². The fourth-order valence-electron chi connectivity index (χ4n) is 3.87. The van der Waals surface area contributed by atoms with E-state index in [0.29, 0.717) is 43.6 Å². The number of fused-ring (bicyclic) bond motifs is 1. The molecule has 0 bridgehead atoms. The van der Waals surface area contributed by atoms with Crippen LogP contribution in [0.2, 0.25) is 0 Å². The third-order valence-electron chi connectivity index (χ3n) is 5.44. The second-order valence-corrected chi connectivity index (χ2v) is 7.24. The summed E-state index contributed by atoms with van der Waals surface area (Å²) in [5, 5.41) is 0.796. The maximum atomic E-state index is 13.6. The van der Waals surface area contributed by atoms with Crippen LogP contribution in [-0.2, 0) is 6.42 Å². The first kappa shape index (κ1) is 18.5. The number of hydrogen-bond donors (Lipinski definition) is 1. The SMILES string of the molecule is CCc1c(C(=O)N2CCC(COc3ccccn3)CC2)[nH]c2ccc(F)cc12. The van der Waals surface area contributed by atoms with E-state index in [-0.39, 0.29) is 11.7 Å². The van der Waals surface area contributed by atoms with Gasteiger partial charge in [-0.2, -0.15) is 0 Å². The van der Waals surface area contributed by atoms with E-state index in [2.05, 4.69) is 9.97 Å². The fourth-order valence-corrected chi connectivity index (χ4v) is 3.87. The summed E-state index contributed by atoms with van der Waals surface area (Å²) >= 11 is 0. The number of nitrogens with zero attached hydrogens (tertiary/aromatic N) is 2. The van der Waals surface area contributed by atoms with Gasteiger partial charge in [-0.3, -0.25) is 4.79 Å². The van der Waals surface area contributed by atoms with Crippen molar-refractivity contribution in [3.05, 3.63) is 59.7 Å². The van der Waals surface area contributed by atoms with Crippen LogP contribution in [0, 0.1) is 11.7 Å². The molecule has 28 heavy (non-hydrogen) atoms. The third kappa shape index (κ3) is 3.72. The highest BCUT2D eigenvalue weighted by atomic mass is 19.1. The molecule has 2 aromatic heterocycles. The Balaban J connectivity index is 1.41. The zero-order valence-electron chi connectivity index (χ0n) is 16.0. The Morgan fingerprint density at radius 2 is 2.11 bits per heavy atom. The second kappa shape index (κ2) is 8.00. The summed E-state index contributed by atoms with van der Waals surface area (Å²) in [5.74, 6) is 0.763. The molecule has 1 aromatic carbocycles. The molecule has 5 nitrogen and oxygen atoms in total. The van der Waals surface area contributed by atoms with Crippen molar-refractivity contribution in [1.29, 1.82) is 0 Å². The van der Waals surface area contributed by atoms with E-state index in [1.807, 2.05) is 30.0 Å². The number of pyridine rings is 1. The highest BCUT2D eigenvalue weighted by Crippen LogP contribution is 2.27. The normalized spacial score (nSPS) is 15.1. The smallest absolute Gasteiger partial charge is 0.270 e. The Labute approximate surface area is 163 Å². The molecule has 3 aromatic rings. The van der Waals surface area contributed by atoms with Crippen LogP contribution in [0.1, 0.15) is 35.8 Å². The van der Waals surface area contributed by atoms with Gasteiger partial charge in [-0.25, -0.2) is 9.37 Å². The largest absolute Gasteiger partial charge is 0.477 e. The van der Waals surface area contributed by atoms with E-state index >= 15 is 0 Å². The van der Waals surface area contributed by atoms with Gasteiger partial charge in [0.15, 0.2) is 0 Å². The van der Waals surface area contributed by atoms with E-state index in [4.69, 9.17) is 4.74 Å². The number of rotatable bonds is 5. The summed E-state index contributed by atoms with van der Waals surface area (Å²) in [4.78, 5) is 22.3.